The number of halogens is 1. The van der Waals surface area contributed by atoms with Crippen molar-refractivity contribution in [1.29, 1.82) is 5.41 Å². The van der Waals surface area contributed by atoms with E-state index in [1.54, 1.807) is 0 Å². The first-order chi connectivity index (χ1) is 6.58. The third-order valence-corrected chi connectivity index (χ3v) is 4.32. The van der Waals surface area contributed by atoms with E-state index in [0.717, 1.165) is 16.6 Å². The van der Waals surface area contributed by atoms with Gasteiger partial charge in [-0.15, -0.1) is 0 Å². The van der Waals surface area contributed by atoms with Crippen molar-refractivity contribution in [3.63, 3.8) is 0 Å². The molecular formula is C12H16IN. The summed E-state index contributed by atoms with van der Waals surface area (Å²) in [6.07, 6.45) is 0.964. The summed E-state index contributed by atoms with van der Waals surface area (Å²) in [6, 6.07) is 10.4. The van der Waals surface area contributed by atoms with Crippen LogP contribution >= 0.6 is 22.6 Å². The fraction of sp³-hybridized carbons (Fsp3) is 0.417. The molecule has 0 heterocycles. The molecule has 1 atom stereocenters. The monoisotopic (exact) mass is 301 g/mol. The Bertz CT molecular complexity index is 307. The van der Waals surface area contributed by atoms with Gasteiger partial charge in [0.25, 0.3) is 0 Å². The zero-order valence-corrected chi connectivity index (χ0v) is 10.8. The van der Waals surface area contributed by atoms with Crippen molar-refractivity contribution in [2.24, 2.45) is 5.41 Å². The van der Waals surface area contributed by atoms with Gasteiger partial charge in [0.05, 0.1) is 0 Å². The van der Waals surface area contributed by atoms with E-state index in [1.807, 2.05) is 13.0 Å². The Kier molecular flexibility index (Phi) is 4.11. The molecule has 0 aliphatic carbocycles. The normalized spacial score (nSPS) is 14.8. The smallest absolute Gasteiger partial charge is 0.0178 e. The van der Waals surface area contributed by atoms with Gasteiger partial charge in [-0.25, -0.2) is 0 Å². The number of hydrogen-bond acceptors (Lipinski definition) is 1. The summed E-state index contributed by atoms with van der Waals surface area (Å²) in [5.41, 5.74) is 2.11. The van der Waals surface area contributed by atoms with Gasteiger partial charge >= 0.3 is 0 Å². The molecule has 0 saturated carbocycles. The molecule has 1 aromatic carbocycles. The van der Waals surface area contributed by atoms with Crippen molar-refractivity contribution in [2.75, 3.05) is 4.43 Å². The Balaban J connectivity index is 2.81. The third-order valence-electron chi connectivity index (χ3n) is 2.64. The molecule has 0 amide bonds. The minimum absolute atomic E-state index is 0.0158. The van der Waals surface area contributed by atoms with Crippen LogP contribution in [0.2, 0.25) is 0 Å². The van der Waals surface area contributed by atoms with Crippen molar-refractivity contribution >= 4 is 28.3 Å². The van der Waals surface area contributed by atoms with Crippen LogP contribution in [0.25, 0.3) is 0 Å². The lowest BCUT2D eigenvalue weighted by Gasteiger charge is -2.26. The fourth-order valence-electron chi connectivity index (χ4n) is 1.33. The van der Waals surface area contributed by atoms with Gasteiger partial charge in [0, 0.05) is 15.6 Å². The summed E-state index contributed by atoms with van der Waals surface area (Å²) in [4.78, 5) is 0. The Labute approximate surface area is 99.6 Å². The molecular weight excluding hydrogens is 285 g/mol. The van der Waals surface area contributed by atoms with E-state index < -0.39 is 0 Å². The van der Waals surface area contributed by atoms with E-state index in [1.165, 1.54) is 5.56 Å². The molecule has 0 aliphatic rings. The van der Waals surface area contributed by atoms with Gasteiger partial charge < -0.3 is 5.41 Å². The van der Waals surface area contributed by atoms with Gasteiger partial charge in [0.1, 0.15) is 0 Å². The molecule has 1 unspecified atom stereocenters. The number of benzene rings is 1. The predicted molar refractivity (Wildman–Crippen MR) is 70.5 cm³/mol. The van der Waals surface area contributed by atoms with Gasteiger partial charge in [0.15, 0.2) is 0 Å². The van der Waals surface area contributed by atoms with Gasteiger partial charge in [0.2, 0.25) is 0 Å². The van der Waals surface area contributed by atoms with Crippen LogP contribution in [-0.4, -0.2) is 10.1 Å². The van der Waals surface area contributed by atoms with E-state index in [9.17, 15) is 0 Å². The van der Waals surface area contributed by atoms with Gasteiger partial charge in [-0.3, -0.25) is 0 Å². The molecule has 2 heteroatoms. The molecule has 0 aliphatic heterocycles. The molecule has 0 fully saturated rings. The summed E-state index contributed by atoms with van der Waals surface area (Å²) >= 11 is 2.37. The first-order valence-corrected chi connectivity index (χ1v) is 6.26. The number of rotatable bonds is 4. The molecule has 1 nitrogen and oxygen atoms in total. The maximum atomic E-state index is 7.79. The molecule has 1 aromatic rings. The van der Waals surface area contributed by atoms with Crippen LogP contribution in [0.5, 0.6) is 0 Å². The van der Waals surface area contributed by atoms with Crippen LogP contribution in [0.15, 0.2) is 30.3 Å². The van der Waals surface area contributed by atoms with Crippen molar-refractivity contribution in [3.8, 4) is 0 Å². The van der Waals surface area contributed by atoms with Crippen LogP contribution in [0.3, 0.4) is 0 Å². The lowest BCUT2D eigenvalue weighted by atomic mass is 9.82. The summed E-state index contributed by atoms with van der Waals surface area (Å²) in [6.45, 7) is 4.07. The average Bonchev–Trinajstić information content (AvgIpc) is 2.19. The molecule has 76 valence electrons. The van der Waals surface area contributed by atoms with E-state index in [4.69, 9.17) is 5.41 Å². The minimum atomic E-state index is 0.0158. The SMILES string of the molecule is CC(=N)C(C)(CI)Cc1ccccc1. The fourth-order valence-corrected chi connectivity index (χ4v) is 2.17. The highest BCUT2D eigenvalue weighted by atomic mass is 127. The molecule has 0 saturated heterocycles. The lowest BCUT2D eigenvalue weighted by Crippen LogP contribution is -2.29. The highest BCUT2D eigenvalue weighted by Crippen LogP contribution is 2.26. The van der Waals surface area contributed by atoms with Crippen LogP contribution < -0.4 is 0 Å². The lowest BCUT2D eigenvalue weighted by molar-refractivity contribution is 0.534. The second kappa shape index (κ2) is 4.91. The largest absolute Gasteiger partial charge is 0.309 e. The van der Waals surface area contributed by atoms with Gasteiger partial charge in [-0.1, -0.05) is 59.8 Å². The van der Waals surface area contributed by atoms with Crippen molar-refractivity contribution < 1.29 is 0 Å². The van der Waals surface area contributed by atoms with Crippen LogP contribution in [0.1, 0.15) is 19.4 Å². The summed E-state index contributed by atoms with van der Waals surface area (Å²) < 4.78 is 0.995. The highest BCUT2D eigenvalue weighted by Gasteiger charge is 2.25. The Morgan fingerprint density at radius 3 is 2.36 bits per heavy atom. The van der Waals surface area contributed by atoms with Crippen molar-refractivity contribution in [3.05, 3.63) is 35.9 Å². The van der Waals surface area contributed by atoms with E-state index >= 15 is 0 Å². The Morgan fingerprint density at radius 1 is 1.36 bits per heavy atom. The second-order valence-electron chi connectivity index (χ2n) is 3.98. The zero-order valence-electron chi connectivity index (χ0n) is 8.68. The maximum Gasteiger partial charge on any atom is 0.0178 e. The molecule has 0 bridgehead atoms. The topological polar surface area (TPSA) is 23.9 Å². The minimum Gasteiger partial charge on any atom is -0.309 e. The number of alkyl halides is 1. The van der Waals surface area contributed by atoms with E-state index in [2.05, 4.69) is 53.8 Å². The standard InChI is InChI=1S/C12H16IN/c1-10(14)12(2,9-13)8-11-6-4-3-5-7-11/h3-7,14H,8-9H2,1-2H3. The Hall–Kier alpha value is -0.380. The summed E-state index contributed by atoms with van der Waals surface area (Å²) in [5, 5.41) is 7.79. The van der Waals surface area contributed by atoms with E-state index in [-0.39, 0.29) is 5.41 Å². The van der Waals surface area contributed by atoms with Crippen LogP contribution in [-0.2, 0) is 6.42 Å². The summed E-state index contributed by atoms with van der Waals surface area (Å²) in [5.74, 6) is 0. The first-order valence-electron chi connectivity index (χ1n) is 4.74. The van der Waals surface area contributed by atoms with E-state index in [0.29, 0.717) is 0 Å². The summed E-state index contributed by atoms with van der Waals surface area (Å²) in [7, 11) is 0. The predicted octanol–water partition coefficient (Wildman–Crippen LogP) is 3.71. The molecule has 0 spiro atoms. The molecule has 1 N–H and O–H groups in total. The van der Waals surface area contributed by atoms with Crippen molar-refractivity contribution in [1.82, 2.24) is 0 Å². The maximum absolute atomic E-state index is 7.79. The van der Waals surface area contributed by atoms with Crippen molar-refractivity contribution in [2.45, 2.75) is 20.3 Å². The quantitative estimate of drug-likeness (QED) is 0.498. The number of nitrogens with one attached hydrogen (secondary N) is 1. The second-order valence-corrected chi connectivity index (χ2v) is 4.74. The first kappa shape index (κ1) is 11.7. The third kappa shape index (κ3) is 2.80. The Morgan fingerprint density at radius 2 is 1.93 bits per heavy atom. The molecule has 14 heavy (non-hydrogen) atoms. The molecule has 0 aromatic heterocycles. The van der Waals surface area contributed by atoms with Crippen LogP contribution in [0, 0.1) is 10.8 Å². The number of hydrogen-bond donors (Lipinski definition) is 1. The van der Waals surface area contributed by atoms with Crippen LogP contribution in [0.4, 0.5) is 0 Å². The zero-order chi connectivity index (χ0) is 10.6. The van der Waals surface area contributed by atoms with Gasteiger partial charge in [-0.2, -0.15) is 0 Å². The molecule has 0 radical (unpaired) electrons. The molecule has 1 rings (SSSR count). The van der Waals surface area contributed by atoms with Gasteiger partial charge in [-0.05, 0) is 18.9 Å². The average molecular weight is 301 g/mol. The highest BCUT2D eigenvalue weighted by molar-refractivity contribution is 14.1.